The molecule has 0 bridgehead atoms. The van der Waals surface area contributed by atoms with Crippen LogP contribution in [0.25, 0.3) is 0 Å². The smallest absolute Gasteiger partial charge is 0.204 e. The average molecular weight is 301 g/mol. The molecule has 0 spiro atoms. The average Bonchev–Trinajstić information content (AvgIpc) is 1.52. The molecule has 74 valence electrons. The van der Waals surface area contributed by atoms with Gasteiger partial charge in [0.2, 0.25) is 8.32 Å². The minimum absolute atomic E-state index is 0.210. The van der Waals surface area contributed by atoms with E-state index in [1.165, 1.54) is 0 Å². The second-order valence-electron chi connectivity index (χ2n) is 4.69. The Morgan fingerprint density at radius 2 is 1.50 bits per heavy atom. The number of hydrogen-bond acceptors (Lipinski definition) is 2. The quantitative estimate of drug-likeness (QED) is 0.376. The van der Waals surface area contributed by atoms with Crippen LogP contribution >= 0.6 is 22.6 Å². The molecule has 2 N–H and O–H groups in total. The van der Waals surface area contributed by atoms with Crippen LogP contribution in [0.15, 0.2) is 0 Å². The third kappa shape index (κ3) is 4.20. The summed E-state index contributed by atoms with van der Waals surface area (Å²) in [6.45, 7) is 12.6. The summed E-state index contributed by atoms with van der Waals surface area (Å²) in [5.74, 6) is 0. The highest BCUT2D eigenvalue weighted by Crippen LogP contribution is 2.32. The molecule has 0 aromatic carbocycles. The first-order chi connectivity index (χ1) is 4.96. The van der Waals surface area contributed by atoms with Crippen molar-refractivity contribution in [1.29, 1.82) is 0 Å². The first-order valence-corrected chi connectivity index (χ1v) is 8.12. The molecule has 0 aromatic rings. The molecule has 12 heavy (non-hydrogen) atoms. The van der Waals surface area contributed by atoms with Crippen molar-refractivity contribution in [2.24, 2.45) is 5.73 Å². The predicted molar refractivity (Wildman–Crippen MR) is 64.9 cm³/mol. The van der Waals surface area contributed by atoms with E-state index in [9.17, 15) is 0 Å². The molecule has 0 aliphatic carbocycles. The SMILES string of the molecule is CC(C)(N)O[Si](C)(C)C(C)(C)I. The molecule has 0 atom stereocenters. The molecule has 0 saturated carbocycles. The van der Waals surface area contributed by atoms with Gasteiger partial charge < -0.3 is 10.2 Å². The first kappa shape index (κ1) is 12.9. The van der Waals surface area contributed by atoms with E-state index in [0.29, 0.717) is 0 Å². The highest BCUT2D eigenvalue weighted by molar-refractivity contribution is 14.1. The fraction of sp³-hybridized carbons (Fsp3) is 1.00. The topological polar surface area (TPSA) is 35.2 Å². The highest BCUT2D eigenvalue weighted by Gasteiger charge is 2.41. The lowest BCUT2D eigenvalue weighted by Gasteiger charge is -2.39. The van der Waals surface area contributed by atoms with Crippen LogP contribution in [0, 0.1) is 0 Å². The molecule has 4 heteroatoms. The predicted octanol–water partition coefficient (Wildman–Crippen LogP) is 2.66. The molecule has 0 fully saturated rings. The lowest BCUT2D eigenvalue weighted by molar-refractivity contribution is 0.104. The summed E-state index contributed by atoms with van der Waals surface area (Å²) >= 11 is 2.44. The number of hydrogen-bond donors (Lipinski definition) is 1. The van der Waals surface area contributed by atoms with Crippen LogP contribution in [0.3, 0.4) is 0 Å². The van der Waals surface area contributed by atoms with Crippen molar-refractivity contribution in [2.75, 3.05) is 0 Å². The fourth-order valence-corrected chi connectivity index (χ4v) is 2.67. The Hall–Kier alpha value is 0.867. The lowest BCUT2D eigenvalue weighted by atomic mass is 10.4. The van der Waals surface area contributed by atoms with Crippen LogP contribution in [0.1, 0.15) is 27.7 Å². The van der Waals surface area contributed by atoms with Crippen LogP contribution in [0.4, 0.5) is 0 Å². The maximum Gasteiger partial charge on any atom is 0.204 e. The molecule has 0 aliphatic rings. The van der Waals surface area contributed by atoms with Crippen molar-refractivity contribution in [3.8, 4) is 0 Å². The monoisotopic (exact) mass is 301 g/mol. The molecule has 0 amide bonds. The molecule has 2 nitrogen and oxygen atoms in total. The summed E-state index contributed by atoms with van der Waals surface area (Å²) in [6, 6.07) is 0. The van der Waals surface area contributed by atoms with Crippen molar-refractivity contribution in [3.63, 3.8) is 0 Å². The Balaban J connectivity index is 4.44. The van der Waals surface area contributed by atoms with Crippen molar-refractivity contribution >= 4 is 30.9 Å². The van der Waals surface area contributed by atoms with Gasteiger partial charge in [-0.25, -0.2) is 0 Å². The van der Waals surface area contributed by atoms with Crippen LogP contribution < -0.4 is 5.73 Å². The minimum Gasteiger partial charge on any atom is -0.399 e. The number of alkyl halides is 1. The molecule has 0 rings (SSSR count). The zero-order valence-corrected chi connectivity index (χ0v) is 12.0. The Morgan fingerprint density at radius 3 is 1.58 bits per heavy atom. The van der Waals surface area contributed by atoms with Gasteiger partial charge >= 0.3 is 0 Å². The molecular formula is C8H20INOSi. The second-order valence-corrected chi connectivity index (χ2v) is 12.9. The Bertz CT molecular complexity index is 157. The number of nitrogens with two attached hydrogens (primary N) is 1. The molecule has 0 aromatic heterocycles. The maximum absolute atomic E-state index is 5.90. The van der Waals surface area contributed by atoms with Crippen LogP contribution in [-0.2, 0) is 4.43 Å². The van der Waals surface area contributed by atoms with Crippen molar-refractivity contribution in [3.05, 3.63) is 0 Å². The minimum atomic E-state index is -1.68. The van der Waals surface area contributed by atoms with Gasteiger partial charge in [0.05, 0.1) is 5.72 Å². The second kappa shape index (κ2) is 3.55. The van der Waals surface area contributed by atoms with Crippen LogP contribution in [0.5, 0.6) is 0 Å². The van der Waals surface area contributed by atoms with E-state index < -0.39 is 14.0 Å². The van der Waals surface area contributed by atoms with Crippen LogP contribution in [-0.4, -0.2) is 17.1 Å². The third-order valence-corrected chi connectivity index (χ3v) is 9.75. The summed E-state index contributed by atoms with van der Waals surface area (Å²) in [7, 11) is -1.68. The van der Waals surface area contributed by atoms with E-state index >= 15 is 0 Å². The van der Waals surface area contributed by atoms with Gasteiger partial charge in [0, 0.05) is 3.04 Å². The summed E-state index contributed by atoms with van der Waals surface area (Å²) in [4.78, 5) is 0. The van der Waals surface area contributed by atoms with Crippen LogP contribution in [0.2, 0.25) is 13.1 Å². The zero-order chi connectivity index (χ0) is 10.2. The van der Waals surface area contributed by atoms with Gasteiger partial charge in [0.1, 0.15) is 0 Å². The molecular weight excluding hydrogens is 281 g/mol. The van der Waals surface area contributed by atoms with Gasteiger partial charge in [-0.3, -0.25) is 0 Å². The zero-order valence-electron chi connectivity index (χ0n) is 8.86. The van der Waals surface area contributed by atoms with E-state index in [-0.39, 0.29) is 3.04 Å². The summed E-state index contributed by atoms with van der Waals surface area (Å²) < 4.78 is 6.11. The van der Waals surface area contributed by atoms with Crippen molar-refractivity contribution in [2.45, 2.75) is 49.6 Å². The van der Waals surface area contributed by atoms with Gasteiger partial charge in [-0.1, -0.05) is 36.4 Å². The van der Waals surface area contributed by atoms with E-state index in [1.807, 2.05) is 13.8 Å². The summed E-state index contributed by atoms with van der Waals surface area (Å²) in [6.07, 6.45) is 0. The normalized spacial score (nSPS) is 15.0. The molecule has 0 radical (unpaired) electrons. The maximum atomic E-state index is 5.90. The fourth-order valence-electron chi connectivity index (χ4n) is 0.779. The number of rotatable bonds is 3. The van der Waals surface area contributed by atoms with E-state index in [4.69, 9.17) is 10.2 Å². The lowest BCUT2D eigenvalue weighted by Crippen LogP contribution is -2.55. The van der Waals surface area contributed by atoms with Gasteiger partial charge in [-0.15, -0.1) is 0 Å². The largest absolute Gasteiger partial charge is 0.399 e. The molecule has 0 aliphatic heterocycles. The van der Waals surface area contributed by atoms with E-state index in [0.717, 1.165) is 0 Å². The summed E-state index contributed by atoms with van der Waals surface area (Å²) in [5.41, 5.74) is 5.33. The molecule has 0 saturated heterocycles. The Morgan fingerprint density at radius 1 is 1.17 bits per heavy atom. The van der Waals surface area contributed by atoms with Gasteiger partial charge in [-0.2, -0.15) is 0 Å². The van der Waals surface area contributed by atoms with Crippen molar-refractivity contribution in [1.82, 2.24) is 0 Å². The Labute approximate surface area is 90.5 Å². The molecule has 0 unspecified atom stereocenters. The van der Waals surface area contributed by atoms with Gasteiger partial charge in [0.25, 0.3) is 0 Å². The number of halogens is 1. The first-order valence-electron chi connectivity index (χ1n) is 4.14. The summed E-state index contributed by atoms with van der Waals surface area (Å²) in [5, 5.41) is 0. The third-order valence-electron chi connectivity index (χ3n) is 1.95. The van der Waals surface area contributed by atoms with Crippen molar-refractivity contribution < 1.29 is 4.43 Å². The molecule has 0 heterocycles. The van der Waals surface area contributed by atoms with Gasteiger partial charge in [-0.05, 0) is 26.9 Å². The highest BCUT2D eigenvalue weighted by atomic mass is 127. The van der Waals surface area contributed by atoms with E-state index in [1.54, 1.807) is 0 Å². The van der Waals surface area contributed by atoms with E-state index in [2.05, 4.69) is 49.5 Å². The standard InChI is InChI=1S/C8H20INOSi/c1-7(2,9)12(5,6)11-8(3,4)10/h10H2,1-6H3. The van der Waals surface area contributed by atoms with Gasteiger partial charge in [0.15, 0.2) is 0 Å². The Kier molecular flexibility index (Phi) is 3.81.